The number of quaternary nitrogens is 1. The molecule has 2 N–H and O–H groups in total. The molecule has 2 rings (SSSR count). The van der Waals surface area contributed by atoms with E-state index < -0.39 is 0 Å². The molecule has 122 valence electrons. The second-order valence-electron chi connectivity index (χ2n) is 5.68. The third kappa shape index (κ3) is 5.11. The normalized spacial score (nSPS) is 13.2. The van der Waals surface area contributed by atoms with E-state index >= 15 is 0 Å². The third-order valence-corrected chi connectivity index (χ3v) is 3.89. The van der Waals surface area contributed by atoms with Crippen molar-refractivity contribution < 1.29 is 14.4 Å². The highest BCUT2D eigenvalue weighted by Gasteiger charge is 2.21. The molecule has 0 saturated heterocycles. The molecule has 0 heterocycles. The van der Waals surface area contributed by atoms with E-state index in [1.54, 1.807) is 0 Å². The lowest BCUT2D eigenvalue weighted by Gasteiger charge is -2.21. The molecule has 1 unspecified atom stereocenters. The van der Waals surface area contributed by atoms with Crippen LogP contribution in [0.3, 0.4) is 0 Å². The summed E-state index contributed by atoms with van der Waals surface area (Å²) in [5, 5.41) is 2.95. The first-order chi connectivity index (χ1) is 11.1. The summed E-state index contributed by atoms with van der Waals surface area (Å²) in [5.41, 5.74) is 2.02. The first-order valence-electron chi connectivity index (χ1n) is 8.00. The Bertz CT molecular complexity index is 611. The lowest BCUT2D eigenvalue weighted by atomic mass is 10.1. The Morgan fingerprint density at radius 1 is 1.13 bits per heavy atom. The minimum atomic E-state index is -0.137. The second-order valence-corrected chi connectivity index (χ2v) is 5.68. The molecule has 0 bridgehead atoms. The number of benzene rings is 2. The van der Waals surface area contributed by atoms with Crippen LogP contribution < -0.4 is 15.0 Å². The Balaban J connectivity index is 1.91. The lowest BCUT2D eigenvalue weighted by Crippen LogP contribution is -3.12. The number of carbonyl (C=O) groups is 1. The fraction of sp³-hybridized carbons (Fsp3) is 0.316. The number of carbonyl (C=O) groups excluding carboxylic acids is 1. The molecule has 0 aliphatic heterocycles. The van der Waals surface area contributed by atoms with Crippen molar-refractivity contribution in [3.05, 3.63) is 60.2 Å². The van der Waals surface area contributed by atoms with Crippen LogP contribution in [-0.4, -0.2) is 25.6 Å². The Hall–Kier alpha value is -2.33. The van der Waals surface area contributed by atoms with Gasteiger partial charge in [-0.1, -0.05) is 18.2 Å². The van der Waals surface area contributed by atoms with Crippen molar-refractivity contribution >= 4 is 11.6 Å². The quantitative estimate of drug-likeness (QED) is 0.822. The molecular weight excluding hydrogens is 288 g/mol. The zero-order valence-electron chi connectivity index (χ0n) is 14.0. The van der Waals surface area contributed by atoms with Gasteiger partial charge in [0.25, 0.3) is 5.91 Å². The summed E-state index contributed by atoms with van der Waals surface area (Å²) in [6.07, 6.45) is 0. The summed E-state index contributed by atoms with van der Waals surface area (Å²) in [6.45, 7) is 5.37. The van der Waals surface area contributed by atoms with Crippen LogP contribution in [0, 0.1) is 0 Å². The second kappa shape index (κ2) is 8.34. The molecule has 0 fully saturated rings. The first kappa shape index (κ1) is 17.0. The van der Waals surface area contributed by atoms with E-state index in [1.165, 1.54) is 5.56 Å². The fourth-order valence-electron chi connectivity index (χ4n) is 2.34. The van der Waals surface area contributed by atoms with E-state index in [-0.39, 0.29) is 11.9 Å². The number of ether oxygens (including phenoxy) is 1. The van der Waals surface area contributed by atoms with E-state index in [1.807, 2.05) is 63.4 Å². The molecule has 2 aromatic carbocycles. The number of rotatable bonds is 7. The van der Waals surface area contributed by atoms with Crippen molar-refractivity contribution in [3.63, 3.8) is 0 Å². The van der Waals surface area contributed by atoms with Gasteiger partial charge in [0.1, 0.15) is 12.3 Å². The molecule has 0 aliphatic rings. The number of anilines is 1. The molecule has 1 amide bonds. The predicted molar refractivity (Wildman–Crippen MR) is 92.7 cm³/mol. The van der Waals surface area contributed by atoms with Crippen LogP contribution in [0.25, 0.3) is 0 Å². The van der Waals surface area contributed by atoms with Crippen molar-refractivity contribution in [2.45, 2.75) is 26.4 Å². The van der Waals surface area contributed by atoms with Crippen LogP contribution in [0.4, 0.5) is 5.69 Å². The van der Waals surface area contributed by atoms with Crippen LogP contribution in [0.5, 0.6) is 5.75 Å². The van der Waals surface area contributed by atoms with E-state index in [2.05, 4.69) is 17.4 Å². The molecule has 23 heavy (non-hydrogen) atoms. The monoisotopic (exact) mass is 313 g/mol. The third-order valence-electron chi connectivity index (χ3n) is 3.89. The molecule has 0 radical (unpaired) electrons. The fourth-order valence-corrected chi connectivity index (χ4v) is 2.34. The maximum atomic E-state index is 12.3. The standard InChI is InChI=1S/C19H24N2O2/c1-4-23-18-12-10-16(11-13-18)14-21(3)15(2)19(22)20-17-8-6-5-7-9-17/h5-13,15H,4,14H2,1-3H3,(H,20,22)/p+1/t15-/m1/s1. The van der Waals surface area contributed by atoms with Crippen molar-refractivity contribution in [2.75, 3.05) is 19.0 Å². The topological polar surface area (TPSA) is 42.8 Å². The summed E-state index contributed by atoms with van der Waals surface area (Å²) < 4.78 is 5.45. The minimum absolute atomic E-state index is 0.0274. The average Bonchev–Trinajstić information content (AvgIpc) is 2.57. The van der Waals surface area contributed by atoms with Crippen LogP contribution in [-0.2, 0) is 11.3 Å². The van der Waals surface area contributed by atoms with Crippen molar-refractivity contribution in [3.8, 4) is 5.75 Å². The van der Waals surface area contributed by atoms with Crippen molar-refractivity contribution in [1.29, 1.82) is 0 Å². The number of likely N-dealkylation sites (N-methyl/N-ethyl adjacent to an activating group) is 1. The highest BCUT2D eigenvalue weighted by molar-refractivity contribution is 5.93. The van der Waals surface area contributed by atoms with Gasteiger partial charge in [0.15, 0.2) is 6.04 Å². The molecule has 0 aliphatic carbocycles. The SMILES string of the molecule is CCOc1ccc(C[NH+](C)[C@H](C)C(=O)Nc2ccccc2)cc1. The highest BCUT2D eigenvalue weighted by Crippen LogP contribution is 2.11. The van der Waals surface area contributed by atoms with Gasteiger partial charge in [-0.25, -0.2) is 0 Å². The molecule has 2 atom stereocenters. The molecule has 0 spiro atoms. The van der Waals surface area contributed by atoms with Crippen molar-refractivity contribution in [2.24, 2.45) is 0 Å². The minimum Gasteiger partial charge on any atom is -0.494 e. The summed E-state index contributed by atoms with van der Waals surface area (Å²) in [4.78, 5) is 13.5. The lowest BCUT2D eigenvalue weighted by molar-refractivity contribution is -0.907. The van der Waals surface area contributed by atoms with Gasteiger partial charge in [0, 0.05) is 11.3 Å². The van der Waals surface area contributed by atoms with E-state index in [0.717, 1.165) is 22.9 Å². The zero-order chi connectivity index (χ0) is 16.7. The maximum Gasteiger partial charge on any atom is 0.282 e. The van der Waals surface area contributed by atoms with Crippen LogP contribution in [0.2, 0.25) is 0 Å². The van der Waals surface area contributed by atoms with Crippen LogP contribution in [0.15, 0.2) is 54.6 Å². The largest absolute Gasteiger partial charge is 0.494 e. The Morgan fingerprint density at radius 2 is 1.78 bits per heavy atom. The van der Waals surface area contributed by atoms with Gasteiger partial charge in [-0.05, 0) is 50.2 Å². The van der Waals surface area contributed by atoms with Crippen LogP contribution >= 0.6 is 0 Å². The number of hydrogen-bond donors (Lipinski definition) is 2. The first-order valence-corrected chi connectivity index (χ1v) is 8.00. The van der Waals surface area contributed by atoms with E-state index in [9.17, 15) is 4.79 Å². The summed E-state index contributed by atoms with van der Waals surface area (Å²) in [5.74, 6) is 0.906. The smallest absolute Gasteiger partial charge is 0.282 e. The number of nitrogens with one attached hydrogen (secondary N) is 2. The number of hydrogen-bond acceptors (Lipinski definition) is 2. The summed E-state index contributed by atoms with van der Waals surface area (Å²) in [6, 6.07) is 17.5. The molecule has 0 saturated carbocycles. The van der Waals surface area contributed by atoms with Gasteiger partial charge in [-0.15, -0.1) is 0 Å². The van der Waals surface area contributed by atoms with E-state index in [0.29, 0.717) is 6.61 Å². The average molecular weight is 313 g/mol. The number of amides is 1. The van der Waals surface area contributed by atoms with Gasteiger partial charge in [0.05, 0.1) is 13.7 Å². The Labute approximate surface area is 138 Å². The summed E-state index contributed by atoms with van der Waals surface area (Å²) in [7, 11) is 2.03. The van der Waals surface area contributed by atoms with Crippen LogP contribution in [0.1, 0.15) is 19.4 Å². The highest BCUT2D eigenvalue weighted by atomic mass is 16.5. The Kier molecular flexibility index (Phi) is 6.18. The molecule has 2 aromatic rings. The van der Waals surface area contributed by atoms with Gasteiger partial charge < -0.3 is 15.0 Å². The van der Waals surface area contributed by atoms with Gasteiger partial charge >= 0.3 is 0 Å². The Morgan fingerprint density at radius 3 is 2.39 bits per heavy atom. The van der Waals surface area contributed by atoms with Gasteiger partial charge in [0.2, 0.25) is 0 Å². The zero-order valence-corrected chi connectivity index (χ0v) is 14.0. The van der Waals surface area contributed by atoms with Gasteiger partial charge in [-0.3, -0.25) is 4.79 Å². The van der Waals surface area contributed by atoms with E-state index in [4.69, 9.17) is 4.74 Å². The van der Waals surface area contributed by atoms with Crippen molar-refractivity contribution in [1.82, 2.24) is 0 Å². The number of para-hydroxylation sites is 1. The molecular formula is C19H25N2O2+. The molecule has 0 aromatic heterocycles. The maximum absolute atomic E-state index is 12.3. The summed E-state index contributed by atoms with van der Waals surface area (Å²) >= 11 is 0. The van der Waals surface area contributed by atoms with Gasteiger partial charge in [-0.2, -0.15) is 0 Å². The molecule has 4 heteroatoms. The predicted octanol–water partition coefficient (Wildman–Crippen LogP) is 2.13. The molecule has 4 nitrogen and oxygen atoms in total.